The van der Waals surface area contributed by atoms with Gasteiger partial charge < -0.3 is 19.7 Å². The number of likely N-dealkylation sites (tertiary alicyclic amines) is 1. The fourth-order valence-corrected chi connectivity index (χ4v) is 4.31. The zero-order chi connectivity index (χ0) is 22.2. The molecule has 2 fully saturated rings. The van der Waals surface area contributed by atoms with Gasteiger partial charge in [0, 0.05) is 25.2 Å². The second kappa shape index (κ2) is 8.17. The van der Waals surface area contributed by atoms with E-state index in [2.05, 4.69) is 26.3 Å². The molecule has 1 aliphatic carbocycles. The highest BCUT2D eigenvalue weighted by Crippen LogP contribution is 2.38. The van der Waals surface area contributed by atoms with Gasteiger partial charge in [0.05, 0.1) is 6.04 Å². The van der Waals surface area contributed by atoms with Crippen LogP contribution in [-0.2, 0) is 0 Å². The number of hydrogen-bond donors (Lipinski definition) is 1. The van der Waals surface area contributed by atoms with Crippen LogP contribution in [0.1, 0.15) is 32.7 Å². The highest BCUT2D eigenvalue weighted by atomic mass is 19.4. The predicted molar refractivity (Wildman–Crippen MR) is 104 cm³/mol. The average Bonchev–Trinajstić information content (AvgIpc) is 3.17. The minimum Gasteiger partial charge on any atom is -0.424 e. The Morgan fingerprint density at radius 2 is 1.87 bits per heavy atom. The van der Waals surface area contributed by atoms with Crippen LogP contribution >= 0.6 is 0 Å². The molecule has 1 aromatic carbocycles. The number of fused-ring (bicyclic) bond motifs is 2. The molecule has 1 saturated carbocycles. The van der Waals surface area contributed by atoms with Crippen LogP contribution in [0.15, 0.2) is 24.3 Å². The molecule has 1 aliphatic heterocycles. The number of hydrogen-bond acceptors (Lipinski definition) is 7. The summed E-state index contributed by atoms with van der Waals surface area (Å²) in [4.78, 5) is 6.23. The van der Waals surface area contributed by atoms with Gasteiger partial charge in [0.1, 0.15) is 11.5 Å². The molecule has 2 aromatic rings. The van der Waals surface area contributed by atoms with Crippen LogP contribution in [-0.4, -0.2) is 45.2 Å². The minimum atomic E-state index is -4.78. The van der Waals surface area contributed by atoms with E-state index in [1.807, 2.05) is 13.8 Å². The lowest BCUT2D eigenvalue weighted by molar-refractivity contribution is -0.274. The maximum atomic E-state index is 12.5. The van der Waals surface area contributed by atoms with Gasteiger partial charge in [-0.1, -0.05) is 6.07 Å². The Labute approximate surface area is 177 Å². The zero-order valence-electron chi connectivity index (χ0n) is 17.1. The fraction of sp³-hybridized carbons (Fsp3) is 0.550. The summed E-state index contributed by atoms with van der Waals surface area (Å²) >= 11 is 0. The van der Waals surface area contributed by atoms with Crippen molar-refractivity contribution in [3.05, 3.63) is 24.3 Å². The molecule has 0 unspecified atom stereocenters. The molecule has 2 bridgehead atoms. The predicted octanol–water partition coefficient (Wildman–Crippen LogP) is 4.15. The quantitative estimate of drug-likeness (QED) is 0.681. The van der Waals surface area contributed by atoms with Crippen molar-refractivity contribution in [2.75, 3.05) is 18.4 Å². The maximum Gasteiger partial charge on any atom is 0.573 e. The third kappa shape index (κ3) is 4.78. The molecule has 1 aromatic heterocycles. The van der Waals surface area contributed by atoms with Crippen molar-refractivity contribution in [2.24, 2.45) is 11.8 Å². The van der Waals surface area contributed by atoms with Crippen LogP contribution < -0.4 is 14.8 Å². The van der Waals surface area contributed by atoms with Gasteiger partial charge in [0.2, 0.25) is 5.95 Å². The summed E-state index contributed by atoms with van der Waals surface area (Å²) in [6.45, 7) is 5.24. The molecule has 1 N–H and O–H groups in total. The number of nitriles is 1. The number of nitrogens with one attached hydrogen (secondary N) is 1. The first-order chi connectivity index (χ1) is 14.7. The molecule has 31 heavy (non-hydrogen) atoms. The highest BCUT2D eigenvalue weighted by molar-refractivity contribution is 5.36. The molecule has 0 radical (unpaired) electrons. The number of ether oxygens (including phenoxy) is 2. The lowest BCUT2D eigenvalue weighted by Crippen LogP contribution is -2.46. The van der Waals surface area contributed by atoms with Crippen molar-refractivity contribution >= 4 is 5.95 Å². The number of rotatable bonds is 6. The zero-order valence-corrected chi connectivity index (χ0v) is 17.1. The first kappa shape index (κ1) is 21.1. The lowest BCUT2D eigenvalue weighted by Gasteiger charge is -2.35. The summed E-state index contributed by atoms with van der Waals surface area (Å²) < 4.78 is 48.8. The average molecular weight is 436 g/mol. The smallest absolute Gasteiger partial charge is 0.424 e. The van der Waals surface area contributed by atoms with Gasteiger partial charge in [-0.05, 0) is 50.7 Å². The van der Waals surface area contributed by atoms with E-state index < -0.39 is 6.36 Å². The van der Waals surface area contributed by atoms with E-state index >= 15 is 0 Å². The molecule has 8 nitrogen and oxygen atoms in total. The van der Waals surface area contributed by atoms with Crippen LogP contribution in [0.4, 0.5) is 19.1 Å². The summed E-state index contributed by atoms with van der Waals surface area (Å²) in [5.41, 5.74) is 0. The molecule has 1 saturated heterocycles. The van der Waals surface area contributed by atoms with E-state index in [1.165, 1.54) is 18.2 Å². The number of nitrogens with zero attached hydrogens (tertiary/aromatic N) is 5. The van der Waals surface area contributed by atoms with E-state index in [0.29, 0.717) is 30.9 Å². The monoisotopic (exact) mass is 436 g/mol. The Hall–Kier alpha value is -3.16. The van der Waals surface area contributed by atoms with Crippen molar-refractivity contribution in [3.63, 3.8) is 0 Å². The van der Waals surface area contributed by atoms with Crippen molar-refractivity contribution in [3.8, 4) is 23.7 Å². The Morgan fingerprint density at radius 1 is 1.19 bits per heavy atom. The molecule has 2 heterocycles. The summed E-state index contributed by atoms with van der Waals surface area (Å²) in [5, 5.41) is 17.1. The lowest BCUT2D eigenvalue weighted by atomic mass is 9.92. The SMILES string of the molecule is CC(C)n1nc(N[C@H]2[C@@H]3CC[C@H]2CN(C#N)C3)nc1Oc1cccc(OC(F)(F)F)c1. The third-order valence-electron chi connectivity index (χ3n) is 5.61. The van der Waals surface area contributed by atoms with Crippen LogP contribution in [0.3, 0.4) is 0 Å². The van der Waals surface area contributed by atoms with E-state index in [-0.39, 0.29) is 29.6 Å². The normalized spacial score (nSPS) is 23.0. The molecule has 2 aliphatic rings. The Bertz CT molecular complexity index is 957. The van der Waals surface area contributed by atoms with Gasteiger partial charge in [-0.25, -0.2) is 4.68 Å². The number of anilines is 1. The molecular formula is C20H23F3N6O2. The molecule has 0 spiro atoms. The van der Waals surface area contributed by atoms with Gasteiger partial charge in [-0.3, -0.25) is 0 Å². The Balaban J connectivity index is 1.51. The Kier molecular flexibility index (Phi) is 5.56. The van der Waals surface area contributed by atoms with Crippen LogP contribution in [0.5, 0.6) is 17.5 Å². The van der Waals surface area contributed by atoms with E-state index in [9.17, 15) is 18.4 Å². The topological polar surface area (TPSA) is 88.2 Å². The Morgan fingerprint density at radius 3 is 2.48 bits per heavy atom. The van der Waals surface area contributed by atoms with E-state index in [1.54, 1.807) is 9.58 Å². The van der Waals surface area contributed by atoms with Gasteiger partial charge >= 0.3 is 12.4 Å². The molecule has 11 heteroatoms. The van der Waals surface area contributed by atoms with Gasteiger partial charge in [0.25, 0.3) is 0 Å². The van der Waals surface area contributed by atoms with Crippen LogP contribution in [0.25, 0.3) is 0 Å². The van der Waals surface area contributed by atoms with E-state index in [4.69, 9.17) is 4.74 Å². The van der Waals surface area contributed by atoms with E-state index in [0.717, 1.165) is 18.9 Å². The van der Waals surface area contributed by atoms with Gasteiger partial charge in [0.15, 0.2) is 6.19 Å². The summed E-state index contributed by atoms with van der Waals surface area (Å²) in [6, 6.07) is 5.54. The fourth-order valence-electron chi connectivity index (χ4n) is 4.31. The number of piperidine rings is 1. The van der Waals surface area contributed by atoms with Gasteiger partial charge in [-0.15, -0.1) is 18.3 Å². The first-order valence-electron chi connectivity index (χ1n) is 10.1. The number of alkyl halides is 3. The molecule has 4 rings (SSSR count). The molecule has 0 amide bonds. The summed E-state index contributed by atoms with van der Waals surface area (Å²) in [6.07, 6.45) is -0.466. The van der Waals surface area contributed by atoms with Crippen molar-refractivity contribution in [1.82, 2.24) is 19.7 Å². The standard InChI is InChI=1S/C20H23F3N6O2/c1-12(2)29-19(30-15-4-3-5-16(8-15)31-20(21,22)23)26-18(27-29)25-17-13-6-7-14(17)10-28(9-13)11-24/h3-5,8,12-14,17H,6-7,9-10H2,1-2H3,(H,25,27)/t13-,14+,17+. The van der Waals surface area contributed by atoms with Crippen LogP contribution in [0, 0.1) is 23.3 Å². The number of aromatic nitrogens is 3. The largest absolute Gasteiger partial charge is 0.573 e. The van der Waals surface area contributed by atoms with Crippen molar-refractivity contribution < 1.29 is 22.6 Å². The molecule has 3 atom stereocenters. The summed E-state index contributed by atoms with van der Waals surface area (Å²) in [7, 11) is 0. The highest BCUT2D eigenvalue weighted by Gasteiger charge is 2.42. The molecular weight excluding hydrogens is 413 g/mol. The maximum absolute atomic E-state index is 12.5. The van der Waals surface area contributed by atoms with Crippen LogP contribution in [0.2, 0.25) is 0 Å². The first-order valence-corrected chi connectivity index (χ1v) is 10.1. The number of benzene rings is 1. The number of halogens is 3. The second-order valence-corrected chi connectivity index (χ2v) is 8.15. The third-order valence-corrected chi connectivity index (χ3v) is 5.61. The minimum absolute atomic E-state index is 0.0789. The van der Waals surface area contributed by atoms with Crippen molar-refractivity contribution in [2.45, 2.75) is 45.1 Å². The van der Waals surface area contributed by atoms with Gasteiger partial charge in [-0.2, -0.15) is 10.2 Å². The molecule has 166 valence electrons. The van der Waals surface area contributed by atoms with Crippen molar-refractivity contribution in [1.29, 1.82) is 5.26 Å². The summed E-state index contributed by atoms with van der Waals surface area (Å²) in [5.74, 6) is 0.860. The second-order valence-electron chi connectivity index (χ2n) is 8.15.